The highest BCUT2D eigenvalue weighted by atomic mass is 32.2. The molecular formula is C16H24N2O3S. The van der Waals surface area contributed by atoms with Gasteiger partial charge in [0.2, 0.25) is 15.9 Å². The fourth-order valence-corrected chi connectivity index (χ4v) is 3.82. The van der Waals surface area contributed by atoms with Crippen LogP contribution in [-0.4, -0.2) is 55.5 Å². The normalized spacial score (nSPS) is 17.3. The van der Waals surface area contributed by atoms with Crippen molar-refractivity contribution in [2.24, 2.45) is 0 Å². The molecule has 0 spiro atoms. The number of carbonyl (C=O) groups excluding carboxylic acids is 1. The molecular weight excluding hydrogens is 300 g/mol. The van der Waals surface area contributed by atoms with E-state index >= 15 is 0 Å². The van der Waals surface area contributed by atoms with Gasteiger partial charge in [-0.2, -0.15) is 0 Å². The molecule has 0 atom stereocenters. The average Bonchev–Trinajstić information content (AvgIpc) is 2.76. The summed E-state index contributed by atoms with van der Waals surface area (Å²) in [5.74, 6) is 0.189. The molecule has 122 valence electrons. The summed E-state index contributed by atoms with van der Waals surface area (Å²) in [7, 11) is -3.16. The molecule has 0 aromatic heterocycles. The number of hydrogen-bond acceptors (Lipinski definition) is 3. The third-order valence-corrected chi connectivity index (χ3v) is 6.05. The van der Waals surface area contributed by atoms with Gasteiger partial charge < -0.3 is 4.90 Å². The maximum atomic E-state index is 12.5. The predicted octanol–water partition coefficient (Wildman–Crippen LogP) is 1.42. The summed E-state index contributed by atoms with van der Waals surface area (Å²) in [5, 5.41) is 0. The van der Waals surface area contributed by atoms with Crippen LogP contribution in [-0.2, 0) is 21.2 Å². The quantitative estimate of drug-likeness (QED) is 0.842. The molecule has 1 aliphatic heterocycles. The van der Waals surface area contributed by atoms with Crippen LogP contribution in [0.25, 0.3) is 0 Å². The number of aryl methyl sites for hydroxylation is 1. The van der Waals surface area contributed by atoms with Gasteiger partial charge in [-0.25, -0.2) is 12.7 Å². The van der Waals surface area contributed by atoms with E-state index in [1.165, 1.54) is 4.31 Å². The Morgan fingerprint density at radius 3 is 2.55 bits per heavy atom. The Hall–Kier alpha value is -1.40. The average molecular weight is 324 g/mol. The van der Waals surface area contributed by atoms with Crippen molar-refractivity contribution >= 4 is 15.9 Å². The maximum absolute atomic E-state index is 12.5. The van der Waals surface area contributed by atoms with E-state index in [1.54, 1.807) is 11.8 Å². The molecule has 1 fully saturated rings. The Labute approximate surface area is 133 Å². The molecule has 1 aromatic carbocycles. The lowest BCUT2D eigenvalue weighted by atomic mass is 10.1. The van der Waals surface area contributed by atoms with Gasteiger partial charge in [0.25, 0.3) is 0 Å². The van der Waals surface area contributed by atoms with Crippen molar-refractivity contribution < 1.29 is 13.2 Å². The van der Waals surface area contributed by atoms with Gasteiger partial charge >= 0.3 is 0 Å². The summed E-state index contributed by atoms with van der Waals surface area (Å²) in [6.07, 6.45) is 1.08. The number of benzene rings is 1. The standard InChI is InChI=1S/C16H24N2O3S/c1-3-22(20,21)18-10-6-9-17(11-12-18)16(19)13-15-8-5-4-7-14(15)2/h4-5,7-8H,3,6,9-13H2,1-2H3. The smallest absolute Gasteiger partial charge is 0.227 e. The lowest BCUT2D eigenvalue weighted by molar-refractivity contribution is -0.130. The summed E-state index contributed by atoms with van der Waals surface area (Å²) < 4.78 is 25.4. The lowest BCUT2D eigenvalue weighted by Crippen LogP contribution is -2.38. The van der Waals surface area contributed by atoms with E-state index in [9.17, 15) is 13.2 Å². The van der Waals surface area contributed by atoms with E-state index in [1.807, 2.05) is 31.2 Å². The fourth-order valence-electron chi connectivity index (χ4n) is 2.69. The highest BCUT2D eigenvalue weighted by molar-refractivity contribution is 7.89. The minimum atomic E-state index is -3.16. The number of rotatable bonds is 4. The predicted molar refractivity (Wildman–Crippen MR) is 87.1 cm³/mol. The van der Waals surface area contributed by atoms with Crippen LogP contribution < -0.4 is 0 Å². The van der Waals surface area contributed by atoms with E-state index in [2.05, 4.69) is 0 Å². The molecule has 22 heavy (non-hydrogen) atoms. The van der Waals surface area contributed by atoms with Crippen LogP contribution in [0.2, 0.25) is 0 Å². The summed E-state index contributed by atoms with van der Waals surface area (Å²) in [6, 6.07) is 7.87. The van der Waals surface area contributed by atoms with Crippen LogP contribution in [0.5, 0.6) is 0 Å². The molecule has 1 saturated heterocycles. The Morgan fingerprint density at radius 2 is 1.86 bits per heavy atom. The van der Waals surface area contributed by atoms with E-state index in [-0.39, 0.29) is 11.7 Å². The topological polar surface area (TPSA) is 57.7 Å². The summed E-state index contributed by atoms with van der Waals surface area (Å²) in [4.78, 5) is 14.2. The first-order valence-electron chi connectivity index (χ1n) is 7.74. The number of amides is 1. The van der Waals surface area contributed by atoms with Crippen molar-refractivity contribution in [1.29, 1.82) is 0 Å². The van der Waals surface area contributed by atoms with Gasteiger partial charge in [0.1, 0.15) is 0 Å². The first kappa shape index (κ1) is 17.0. The van der Waals surface area contributed by atoms with Crippen molar-refractivity contribution in [3.05, 3.63) is 35.4 Å². The highest BCUT2D eigenvalue weighted by Crippen LogP contribution is 2.12. The van der Waals surface area contributed by atoms with Gasteiger partial charge in [-0.1, -0.05) is 24.3 Å². The molecule has 1 heterocycles. The zero-order valence-corrected chi connectivity index (χ0v) is 14.1. The highest BCUT2D eigenvalue weighted by Gasteiger charge is 2.25. The largest absolute Gasteiger partial charge is 0.341 e. The molecule has 0 aliphatic carbocycles. The molecule has 1 amide bonds. The van der Waals surface area contributed by atoms with Crippen molar-refractivity contribution in [2.75, 3.05) is 31.9 Å². The van der Waals surface area contributed by atoms with Crippen LogP contribution >= 0.6 is 0 Å². The number of hydrogen-bond donors (Lipinski definition) is 0. The van der Waals surface area contributed by atoms with E-state index in [0.717, 1.165) is 11.1 Å². The SMILES string of the molecule is CCS(=O)(=O)N1CCCN(C(=O)Cc2ccccc2C)CC1. The molecule has 5 nitrogen and oxygen atoms in total. The van der Waals surface area contributed by atoms with E-state index in [0.29, 0.717) is 39.0 Å². The second-order valence-corrected chi connectivity index (χ2v) is 7.89. The molecule has 2 rings (SSSR count). The van der Waals surface area contributed by atoms with Gasteiger partial charge in [0.05, 0.1) is 12.2 Å². The van der Waals surface area contributed by atoms with Crippen LogP contribution in [0.15, 0.2) is 24.3 Å². The number of carbonyl (C=O) groups is 1. The van der Waals surface area contributed by atoms with Gasteiger partial charge in [0, 0.05) is 26.2 Å². The molecule has 6 heteroatoms. The number of sulfonamides is 1. The first-order valence-corrected chi connectivity index (χ1v) is 9.35. The van der Waals surface area contributed by atoms with Crippen molar-refractivity contribution in [3.63, 3.8) is 0 Å². The zero-order valence-electron chi connectivity index (χ0n) is 13.3. The van der Waals surface area contributed by atoms with Gasteiger partial charge in [-0.3, -0.25) is 4.79 Å². The van der Waals surface area contributed by atoms with Gasteiger partial charge in [-0.15, -0.1) is 0 Å². The van der Waals surface area contributed by atoms with Crippen LogP contribution in [0.3, 0.4) is 0 Å². The summed E-state index contributed by atoms with van der Waals surface area (Å²) in [5.41, 5.74) is 2.15. The molecule has 0 unspecified atom stereocenters. The zero-order chi connectivity index (χ0) is 16.2. The van der Waals surface area contributed by atoms with Crippen molar-refractivity contribution in [1.82, 2.24) is 9.21 Å². The molecule has 0 bridgehead atoms. The van der Waals surface area contributed by atoms with Crippen molar-refractivity contribution in [3.8, 4) is 0 Å². The Bertz CT molecular complexity index is 628. The van der Waals surface area contributed by atoms with Crippen molar-refractivity contribution in [2.45, 2.75) is 26.7 Å². The molecule has 0 N–H and O–H groups in total. The Balaban J connectivity index is 1.99. The van der Waals surface area contributed by atoms with Gasteiger partial charge in [0.15, 0.2) is 0 Å². The van der Waals surface area contributed by atoms with E-state index < -0.39 is 10.0 Å². The molecule has 0 radical (unpaired) electrons. The number of nitrogens with zero attached hydrogens (tertiary/aromatic N) is 2. The van der Waals surface area contributed by atoms with Gasteiger partial charge in [-0.05, 0) is 31.4 Å². The van der Waals surface area contributed by atoms with Crippen LogP contribution in [0.4, 0.5) is 0 Å². The lowest BCUT2D eigenvalue weighted by Gasteiger charge is -2.22. The summed E-state index contributed by atoms with van der Waals surface area (Å²) >= 11 is 0. The minimum Gasteiger partial charge on any atom is -0.341 e. The maximum Gasteiger partial charge on any atom is 0.227 e. The second-order valence-electron chi connectivity index (χ2n) is 5.64. The monoisotopic (exact) mass is 324 g/mol. The molecule has 0 saturated carbocycles. The molecule has 1 aliphatic rings. The first-order chi connectivity index (χ1) is 10.4. The third-order valence-electron chi connectivity index (χ3n) is 4.17. The Morgan fingerprint density at radius 1 is 1.14 bits per heavy atom. The second kappa shape index (κ2) is 7.24. The van der Waals surface area contributed by atoms with Crippen LogP contribution in [0, 0.1) is 6.92 Å². The fraction of sp³-hybridized carbons (Fsp3) is 0.562. The molecule has 1 aromatic rings. The minimum absolute atomic E-state index is 0.0741. The Kier molecular flexibility index (Phi) is 5.58. The van der Waals surface area contributed by atoms with E-state index in [4.69, 9.17) is 0 Å². The summed E-state index contributed by atoms with van der Waals surface area (Å²) in [6.45, 7) is 5.66. The van der Waals surface area contributed by atoms with Crippen LogP contribution in [0.1, 0.15) is 24.5 Å². The third kappa shape index (κ3) is 4.08.